The third-order valence-corrected chi connectivity index (χ3v) is 5.95. The highest BCUT2D eigenvalue weighted by Crippen LogP contribution is 2.26. The van der Waals surface area contributed by atoms with Gasteiger partial charge in [0.15, 0.2) is 9.84 Å². The number of carbonyl (C=O) groups is 1. The van der Waals surface area contributed by atoms with Crippen molar-refractivity contribution in [3.8, 4) is 5.75 Å². The molecule has 2 atom stereocenters. The fourth-order valence-electron chi connectivity index (χ4n) is 2.80. The molecule has 23 heavy (non-hydrogen) atoms. The summed E-state index contributed by atoms with van der Waals surface area (Å²) in [6.07, 6.45) is 0.505. The molecular weight excluding hydrogens is 316 g/mol. The van der Waals surface area contributed by atoms with Crippen molar-refractivity contribution >= 4 is 21.4 Å². The number of amides is 1. The van der Waals surface area contributed by atoms with Crippen molar-refractivity contribution in [1.29, 1.82) is 0 Å². The second-order valence-corrected chi connectivity index (χ2v) is 8.30. The Morgan fingerprint density at radius 1 is 1.43 bits per heavy atom. The zero-order valence-corrected chi connectivity index (χ0v) is 14.8. The number of hydrogen-bond donors (Lipinski definition) is 1. The molecule has 0 spiro atoms. The van der Waals surface area contributed by atoms with Gasteiger partial charge in [0.1, 0.15) is 11.8 Å². The molecule has 0 aromatic heterocycles. The van der Waals surface area contributed by atoms with E-state index in [-0.39, 0.29) is 23.5 Å². The van der Waals surface area contributed by atoms with E-state index in [1.54, 1.807) is 26.0 Å². The maximum Gasteiger partial charge on any atom is 0.244 e. The minimum atomic E-state index is -3.01. The van der Waals surface area contributed by atoms with Gasteiger partial charge < -0.3 is 15.0 Å². The van der Waals surface area contributed by atoms with Crippen molar-refractivity contribution in [2.24, 2.45) is 0 Å². The summed E-state index contributed by atoms with van der Waals surface area (Å²) in [6.45, 7) is 3.73. The third kappa shape index (κ3) is 4.16. The number of nitrogens with one attached hydrogen (secondary N) is 1. The van der Waals surface area contributed by atoms with Gasteiger partial charge in [0.05, 0.1) is 24.3 Å². The molecule has 1 saturated heterocycles. The number of aryl methyl sites for hydroxylation is 1. The fraction of sp³-hybridized carbons (Fsp3) is 0.562. The first kappa shape index (κ1) is 17.6. The van der Waals surface area contributed by atoms with E-state index in [0.29, 0.717) is 12.2 Å². The number of likely N-dealkylation sites (N-methyl/N-ethyl adjacent to an activating group) is 1. The largest absolute Gasteiger partial charge is 0.495 e. The van der Waals surface area contributed by atoms with Crippen LogP contribution in [0.4, 0.5) is 5.69 Å². The van der Waals surface area contributed by atoms with Gasteiger partial charge in [-0.25, -0.2) is 8.42 Å². The van der Waals surface area contributed by atoms with Gasteiger partial charge in [-0.15, -0.1) is 0 Å². The van der Waals surface area contributed by atoms with Crippen molar-refractivity contribution in [3.63, 3.8) is 0 Å². The number of nitrogens with zero attached hydrogens (tertiary/aromatic N) is 1. The van der Waals surface area contributed by atoms with Gasteiger partial charge >= 0.3 is 0 Å². The first-order chi connectivity index (χ1) is 10.7. The van der Waals surface area contributed by atoms with E-state index < -0.39 is 15.9 Å². The molecule has 7 heteroatoms. The summed E-state index contributed by atoms with van der Waals surface area (Å²) >= 11 is 0. The summed E-state index contributed by atoms with van der Waals surface area (Å²) in [4.78, 5) is 14.1. The van der Waals surface area contributed by atoms with Crippen LogP contribution < -0.4 is 10.1 Å². The van der Waals surface area contributed by atoms with Gasteiger partial charge in [-0.2, -0.15) is 0 Å². The van der Waals surface area contributed by atoms with Crippen LogP contribution >= 0.6 is 0 Å². The van der Waals surface area contributed by atoms with Gasteiger partial charge in [-0.1, -0.05) is 6.07 Å². The maximum absolute atomic E-state index is 12.6. The standard InChI is InChI=1S/C16H24N2O4S/c1-11-5-6-15(22-4)14(9-11)17-12(2)16(19)18(3)13-7-8-23(20,21)10-13/h5-6,9,12-13,17H,7-8,10H2,1-4H3. The first-order valence-corrected chi connectivity index (χ1v) is 9.44. The van der Waals surface area contributed by atoms with Crippen LogP contribution in [0.15, 0.2) is 18.2 Å². The average Bonchev–Trinajstić information content (AvgIpc) is 2.86. The van der Waals surface area contributed by atoms with Crippen LogP contribution in [0.2, 0.25) is 0 Å². The molecule has 1 aromatic rings. The zero-order chi connectivity index (χ0) is 17.2. The van der Waals surface area contributed by atoms with E-state index in [1.807, 2.05) is 25.1 Å². The summed E-state index contributed by atoms with van der Waals surface area (Å²) in [7, 11) is 0.238. The number of ether oxygens (including phenoxy) is 1. The van der Waals surface area contributed by atoms with Crippen LogP contribution in [-0.2, 0) is 14.6 Å². The molecule has 1 N–H and O–H groups in total. The van der Waals surface area contributed by atoms with Crippen molar-refractivity contribution < 1.29 is 17.9 Å². The smallest absolute Gasteiger partial charge is 0.244 e. The Morgan fingerprint density at radius 3 is 2.70 bits per heavy atom. The van der Waals surface area contributed by atoms with Crippen molar-refractivity contribution in [3.05, 3.63) is 23.8 Å². The number of sulfone groups is 1. The van der Waals surface area contributed by atoms with Crippen LogP contribution in [0.3, 0.4) is 0 Å². The number of carbonyl (C=O) groups excluding carboxylic acids is 1. The molecule has 1 amide bonds. The van der Waals surface area contributed by atoms with Gasteiger partial charge in [0.25, 0.3) is 0 Å². The molecule has 2 unspecified atom stereocenters. The van der Waals surface area contributed by atoms with Crippen LogP contribution in [-0.4, -0.2) is 57.0 Å². The normalized spacial score (nSPS) is 20.8. The molecule has 0 radical (unpaired) electrons. The minimum absolute atomic E-state index is 0.0513. The second kappa shape index (κ2) is 6.78. The molecule has 1 heterocycles. The maximum atomic E-state index is 12.6. The fourth-order valence-corrected chi connectivity index (χ4v) is 4.57. The summed E-state index contributed by atoms with van der Waals surface area (Å²) in [5.74, 6) is 0.746. The number of anilines is 1. The van der Waals surface area contributed by atoms with Crippen molar-refractivity contribution in [2.45, 2.75) is 32.4 Å². The Balaban J connectivity index is 2.07. The van der Waals surface area contributed by atoms with Gasteiger partial charge in [-0.3, -0.25) is 4.79 Å². The first-order valence-electron chi connectivity index (χ1n) is 7.62. The molecule has 1 aliphatic heterocycles. The predicted octanol–water partition coefficient (Wildman–Crippen LogP) is 1.45. The molecular formula is C16H24N2O4S. The van der Waals surface area contributed by atoms with E-state index in [2.05, 4.69) is 5.32 Å². The van der Waals surface area contributed by atoms with Crippen LogP contribution in [0.5, 0.6) is 5.75 Å². The molecule has 0 bridgehead atoms. The monoisotopic (exact) mass is 340 g/mol. The van der Waals surface area contributed by atoms with Crippen LogP contribution in [0, 0.1) is 6.92 Å². The number of benzene rings is 1. The minimum Gasteiger partial charge on any atom is -0.495 e. The lowest BCUT2D eigenvalue weighted by Gasteiger charge is -2.27. The average molecular weight is 340 g/mol. The Hall–Kier alpha value is -1.76. The van der Waals surface area contributed by atoms with E-state index in [0.717, 1.165) is 11.3 Å². The Morgan fingerprint density at radius 2 is 2.13 bits per heavy atom. The highest BCUT2D eigenvalue weighted by molar-refractivity contribution is 7.91. The molecule has 1 fully saturated rings. The molecule has 0 saturated carbocycles. The molecule has 128 valence electrons. The van der Waals surface area contributed by atoms with Crippen molar-refractivity contribution in [2.75, 3.05) is 31.0 Å². The Labute approximate surface area is 137 Å². The Kier molecular flexibility index (Phi) is 5.19. The van der Waals surface area contributed by atoms with Crippen LogP contribution in [0.25, 0.3) is 0 Å². The van der Waals surface area contributed by atoms with Gasteiger partial charge in [-0.05, 0) is 38.0 Å². The molecule has 2 rings (SSSR count). The predicted molar refractivity (Wildman–Crippen MR) is 90.6 cm³/mol. The summed E-state index contributed by atoms with van der Waals surface area (Å²) < 4.78 is 28.5. The lowest BCUT2D eigenvalue weighted by molar-refractivity contribution is -0.132. The lowest BCUT2D eigenvalue weighted by atomic mass is 10.1. The van der Waals surface area contributed by atoms with E-state index in [1.165, 1.54) is 0 Å². The third-order valence-electron chi connectivity index (χ3n) is 4.20. The highest BCUT2D eigenvalue weighted by atomic mass is 32.2. The van der Waals surface area contributed by atoms with Gasteiger partial charge in [0.2, 0.25) is 5.91 Å². The number of rotatable bonds is 5. The quantitative estimate of drug-likeness (QED) is 0.878. The topological polar surface area (TPSA) is 75.7 Å². The number of methoxy groups -OCH3 is 1. The molecule has 1 aliphatic rings. The second-order valence-electron chi connectivity index (χ2n) is 6.08. The van der Waals surface area contributed by atoms with Gasteiger partial charge in [0, 0.05) is 13.1 Å². The van der Waals surface area contributed by atoms with E-state index in [9.17, 15) is 13.2 Å². The SMILES string of the molecule is COc1ccc(C)cc1NC(C)C(=O)N(C)C1CCS(=O)(=O)C1. The molecule has 1 aromatic carbocycles. The number of hydrogen-bond acceptors (Lipinski definition) is 5. The zero-order valence-electron chi connectivity index (χ0n) is 14.0. The summed E-state index contributed by atoms with van der Waals surface area (Å²) in [5.41, 5.74) is 1.81. The van der Waals surface area contributed by atoms with E-state index in [4.69, 9.17) is 4.74 Å². The highest BCUT2D eigenvalue weighted by Gasteiger charge is 2.34. The van der Waals surface area contributed by atoms with Crippen LogP contribution in [0.1, 0.15) is 18.9 Å². The summed E-state index contributed by atoms with van der Waals surface area (Å²) in [5, 5.41) is 3.16. The lowest BCUT2D eigenvalue weighted by Crippen LogP contribution is -2.45. The van der Waals surface area contributed by atoms with Crippen molar-refractivity contribution in [1.82, 2.24) is 4.90 Å². The molecule has 6 nitrogen and oxygen atoms in total. The van der Waals surface area contributed by atoms with E-state index >= 15 is 0 Å². The molecule has 0 aliphatic carbocycles. The summed E-state index contributed by atoms with van der Waals surface area (Å²) in [6, 6.07) is 4.99. The Bertz CT molecular complexity index is 687.